The number of ether oxygens (including phenoxy) is 1. The lowest BCUT2D eigenvalue weighted by atomic mass is 9.90. The van der Waals surface area contributed by atoms with Crippen molar-refractivity contribution in [1.82, 2.24) is 4.72 Å². The van der Waals surface area contributed by atoms with Crippen LogP contribution in [0.5, 0.6) is 0 Å². The maximum absolute atomic E-state index is 12.2. The molecule has 0 bridgehead atoms. The summed E-state index contributed by atoms with van der Waals surface area (Å²) >= 11 is 0. The van der Waals surface area contributed by atoms with Crippen LogP contribution >= 0.6 is 0 Å². The number of carbonyl (C=O) groups is 2. The SMILES string of the molecule is CCCOC(C)(C)C/C=C/[C@H]1CCC(=O)[C@@H]1C/C=C\CCC(O)(O)C(=O)NS(C)(=O)=O. The van der Waals surface area contributed by atoms with Crippen LogP contribution in [0.4, 0.5) is 0 Å². The minimum Gasteiger partial charge on any atom is -0.375 e. The van der Waals surface area contributed by atoms with Gasteiger partial charge < -0.3 is 14.9 Å². The molecule has 178 valence electrons. The Hall–Kier alpha value is -1.55. The van der Waals surface area contributed by atoms with Crippen molar-refractivity contribution in [3.8, 4) is 0 Å². The number of amides is 1. The number of carbonyl (C=O) groups excluding carboxylic acids is 2. The van der Waals surface area contributed by atoms with Crippen LogP contribution in [0.2, 0.25) is 0 Å². The second-order valence-electron chi connectivity index (χ2n) is 8.78. The van der Waals surface area contributed by atoms with E-state index in [4.69, 9.17) is 4.74 Å². The third-order valence-corrected chi connectivity index (χ3v) is 5.76. The summed E-state index contributed by atoms with van der Waals surface area (Å²) in [4.78, 5) is 23.8. The van der Waals surface area contributed by atoms with Crippen LogP contribution in [-0.4, -0.2) is 54.6 Å². The number of nitrogens with one attached hydrogen (secondary N) is 1. The fourth-order valence-corrected chi connectivity index (χ4v) is 3.94. The molecule has 0 aromatic heterocycles. The normalized spacial score (nSPS) is 20.8. The summed E-state index contributed by atoms with van der Waals surface area (Å²) in [7, 11) is -3.88. The summed E-state index contributed by atoms with van der Waals surface area (Å²) < 4.78 is 29.4. The zero-order valence-corrected chi connectivity index (χ0v) is 19.8. The first-order valence-electron chi connectivity index (χ1n) is 10.7. The summed E-state index contributed by atoms with van der Waals surface area (Å²) in [6, 6.07) is 0. The van der Waals surface area contributed by atoms with E-state index < -0.39 is 21.7 Å². The molecular formula is C22H37NO7S. The molecule has 0 aliphatic heterocycles. The second kappa shape index (κ2) is 11.9. The van der Waals surface area contributed by atoms with Gasteiger partial charge in [0.15, 0.2) is 0 Å². The van der Waals surface area contributed by atoms with Gasteiger partial charge in [-0.2, -0.15) is 0 Å². The monoisotopic (exact) mass is 459 g/mol. The van der Waals surface area contributed by atoms with Crippen LogP contribution in [0.25, 0.3) is 0 Å². The molecule has 0 aromatic rings. The van der Waals surface area contributed by atoms with Gasteiger partial charge >= 0.3 is 0 Å². The lowest BCUT2D eigenvalue weighted by molar-refractivity contribution is -0.185. The Balaban J connectivity index is 2.53. The first-order chi connectivity index (χ1) is 14.3. The van der Waals surface area contributed by atoms with E-state index in [0.717, 1.165) is 32.1 Å². The number of ketones is 1. The summed E-state index contributed by atoms with van der Waals surface area (Å²) in [6.45, 7) is 6.88. The third-order valence-electron chi connectivity index (χ3n) is 5.20. The van der Waals surface area contributed by atoms with Gasteiger partial charge in [0.25, 0.3) is 5.91 Å². The van der Waals surface area contributed by atoms with Gasteiger partial charge in [-0.05, 0) is 51.9 Å². The van der Waals surface area contributed by atoms with Crippen molar-refractivity contribution < 1.29 is 33.0 Å². The number of hydrogen-bond donors (Lipinski definition) is 3. The fraction of sp³-hybridized carbons (Fsp3) is 0.727. The van der Waals surface area contributed by atoms with Crippen molar-refractivity contribution >= 4 is 21.7 Å². The van der Waals surface area contributed by atoms with Crippen LogP contribution in [0.3, 0.4) is 0 Å². The number of Topliss-reactive ketones (excluding diaryl/α,β-unsaturated/α-hetero) is 1. The van der Waals surface area contributed by atoms with E-state index in [0.29, 0.717) is 12.8 Å². The van der Waals surface area contributed by atoms with Gasteiger partial charge in [-0.15, -0.1) is 0 Å². The molecule has 3 N–H and O–H groups in total. The Morgan fingerprint density at radius 2 is 1.94 bits per heavy atom. The van der Waals surface area contributed by atoms with E-state index in [-0.39, 0.29) is 36.1 Å². The molecule has 0 heterocycles. The molecule has 9 heteroatoms. The Morgan fingerprint density at radius 1 is 1.26 bits per heavy atom. The van der Waals surface area contributed by atoms with Crippen LogP contribution in [-0.2, 0) is 24.3 Å². The second-order valence-corrected chi connectivity index (χ2v) is 10.5. The average Bonchev–Trinajstić information content (AvgIpc) is 2.98. The molecule has 1 amide bonds. The molecule has 0 unspecified atom stereocenters. The van der Waals surface area contributed by atoms with Crippen LogP contribution in [0.1, 0.15) is 65.7 Å². The standard InChI is InChI=1S/C22H37NO7S/c1-5-16-30-21(2,3)14-9-10-17-12-13-19(24)18(17)11-7-6-8-15-22(26,27)20(25)23-31(4,28)29/h6-7,9-10,17-18,26-27H,5,8,11-16H2,1-4H3,(H,23,25)/b7-6-,10-9+/t17-,18+/m0/s1. The molecule has 0 radical (unpaired) electrons. The molecule has 2 atom stereocenters. The molecule has 1 aliphatic carbocycles. The molecule has 0 saturated heterocycles. The Bertz CT molecular complexity index is 769. The van der Waals surface area contributed by atoms with Gasteiger partial charge in [0, 0.05) is 25.4 Å². The van der Waals surface area contributed by atoms with Crippen LogP contribution in [0, 0.1) is 11.8 Å². The van der Waals surface area contributed by atoms with Gasteiger partial charge in [0.1, 0.15) is 5.78 Å². The number of allylic oxidation sites excluding steroid dienone is 3. The lowest BCUT2D eigenvalue weighted by Crippen LogP contribution is -2.48. The van der Waals surface area contributed by atoms with Gasteiger partial charge in [-0.1, -0.05) is 31.2 Å². The maximum Gasteiger partial charge on any atom is 0.293 e. The lowest BCUT2D eigenvalue weighted by Gasteiger charge is -2.24. The molecule has 1 saturated carbocycles. The Labute approximate surface area is 185 Å². The summed E-state index contributed by atoms with van der Waals surface area (Å²) in [6.07, 6.45) is 11.8. The van der Waals surface area contributed by atoms with Gasteiger partial charge in [-0.25, -0.2) is 13.1 Å². The van der Waals surface area contributed by atoms with E-state index in [2.05, 4.69) is 19.1 Å². The van der Waals surface area contributed by atoms with E-state index in [1.54, 1.807) is 16.9 Å². The highest BCUT2D eigenvalue weighted by molar-refractivity contribution is 7.89. The quantitative estimate of drug-likeness (QED) is 0.284. The molecule has 1 aliphatic rings. The highest BCUT2D eigenvalue weighted by Crippen LogP contribution is 2.33. The van der Waals surface area contributed by atoms with Crippen LogP contribution < -0.4 is 4.72 Å². The largest absolute Gasteiger partial charge is 0.375 e. The van der Waals surface area contributed by atoms with Crippen molar-refractivity contribution in [2.24, 2.45) is 11.8 Å². The molecule has 0 spiro atoms. The topological polar surface area (TPSA) is 130 Å². The highest BCUT2D eigenvalue weighted by Gasteiger charge is 2.34. The van der Waals surface area contributed by atoms with E-state index in [1.165, 1.54) is 0 Å². The summed E-state index contributed by atoms with van der Waals surface area (Å²) in [5, 5.41) is 19.5. The third kappa shape index (κ3) is 10.5. The number of sulfonamides is 1. The van der Waals surface area contributed by atoms with Crippen molar-refractivity contribution in [3.63, 3.8) is 0 Å². The Morgan fingerprint density at radius 3 is 2.55 bits per heavy atom. The van der Waals surface area contributed by atoms with Gasteiger partial charge in [0.05, 0.1) is 11.9 Å². The van der Waals surface area contributed by atoms with Crippen molar-refractivity contribution in [2.75, 3.05) is 12.9 Å². The maximum atomic E-state index is 12.2. The summed E-state index contributed by atoms with van der Waals surface area (Å²) in [5.74, 6) is -3.91. The number of hydrogen-bond acceptors (Lipinski definition) is 7. The van der Waals surface area contributed by atoms with Gasteiger partial charge in [0.2, 0.25) is 15.8 Å². The highest BCUT2D eigenvalue weighted by atomic mass is 32.2. The van der Waals surface area contributed by atoms with Gasteiger partial charge in [-0.3, -0.25) is 9.59 Å². The summed E-state index contributed by atoms with van der Waals surface area (Å²) in [5.41, 5.74) is -0.241. The molecule has 1 fully saturated rings. The fourth-order valence-electron chi connectivity index (χ4n) is 3.44. The van der Waals surface area contributed by atoms with Crippen molar-refractivity contribution in [3.05, 3.63) is 24.3 Å². The average molecular weight is 460 g/mol. The Kier molecular flexibility index (Phi) is 10.5. The zero-order valence-electron chi connectivity index (χ0n) is 19.0. The molecule has 0 aromatic carbocycles. The number of rotatable bonds is 13. The van der Waals surface area contributed by atoms with Crippen molar-refractivity contribution in [1.29, 1.82) is 0 Å². The van der Waals surface area contributed by atoms with E-state index >= 15 is 0 Å². The zero-order chi connectivity index (χ0) is 23.7. The molecule has 1 rings (SSSR count). The minimum atomic E-state index is -3.88. The van der Waals surface area contributed by atoms with E-state index in [9.17, 15) is 28.2 Å². The minimum absolute atomic E-state index is 0.117. The first kappa shape index (κ1) is 27.5. The predicted octanol–water partition coefficient (Wildman–Crippen LogP) is 2.22. The molecular weight excluding hydrogens is 422 g/mol. The number of aliphatic hydroxyl groups is 2. The predicted molar refractivity (Wildman–Crippen MR) is 118 cm³/mol. The molecule has 8 nitrogen and oxygen atoms in total. The molecule has 31 heavy (non-hydrogen) atoms. The van der Waals surface area contributed by atoms with E-state index in [1.807, 2.05) is 13.8 Å². The first-order valence-corrected chi connectivity index (χ1v) is 12.6. The smallest absolute Gasteiger partial charge is 0.293 e. The van der Waals surface area contributed by atoms with Crippen molar-refractivity contribution in [2.45, 2.75) is 77.1 Å². The van der Waals surface area contributed by atoms with Crippen LogP contribution in [0.15, 0.2) is 24.3 Å².